The van der Waals surface area contributed by atoms with Crippen molar-refractivity contribution in [2.45, 2.75) is 48.6 Å². The van der Waals surface area contributed by atoms with Crippen LogP contribution in [0.15, 0.2) is 28.3 Å². The molecule has 0 spiro atoms. The topological polar surface area (TPSA) is 79.4 Å². The maximum atomic E-state index is 12.1. The van der Waals surface area contributed by atoms with Crippen molar-refractivity contribution in [1.29, 1.82) is 0 Å². The quantitative estimate of drug-likeness (QED) is 0.775. The van der Waals surface area contributed by atoms with E-state index in [2.05, 4.69) is 17.2 Å². The van der Waals surface area contributed by atoms with E-state index in [0.29, 0.717) is 10.9 Å². The van der Waals surface area contributed by atoms with Crippen LogP contribution in [0.25, 0.3) is 0 Å². The van der Waals surface area contributed by atoms with Crippen LogP contribution in [0.5, 0.6) is 0 Å². The summed E-state index contributed by atoms with van der Waals surface area (Å²) in [6.45, 7) is 2.18. The molecule has 6 nitrogen and oxygen atoms in total. The molecule has 0 saturated heterocycles. The second-order valence-electron chi connectivity index (χ2n) is 6.34. The molecule has 1 amide bonds. The molecule has 0 unspecified atom stereocenters. The number of aromatic nitrogens is 1. The van der Waals surface area contributed by atoms with Gasteiger partial charge in [0.25, 0.3) is 0 Å². The lowest BCUT2D eigenvalue weighted by atomic mass is 9.86. The van der Waals surface area contributed by atoms with Gasteiger partial charge >= 0.3 is 0 Å². The third-order valence-electron chi connectivity index (χ3n) is 4.30. The molecule has 1 aliphatic carbocycles. The fourth-order valence-corrected chi connectivity index (χ4v) is 4.24. The normalized spacial score (nSPS) is 21.7. The molecule has 1 aromatic heterocycles. The van der Waals surface area contributed by atoms with Crippen LogP contribution >= 0.6 is 11.8 Å². The van der Waals surface area contributed by atoms with Crippen molar-refractivity contribution in [3.8, 4) is 0 Å². The highest BCUT2D eigenvalue weighted by Crippen LogP contribution is 2.24. The summed E-state index contributed by atoms with van der Waals surface area (Å²) in [7, 11) is -0.506. The van der Waals surface area contributed by atoms with E-state index in [4.69, 9.17) is 0 Å². The van der Waals surface area contributed by atoms with E-state index in [1.807, 2.05) is 0 Å². The summed E-state index contributed by atoms with van der Waals surface area (Å²) in [4.78, 5) is 16.4. The van der Waals surface area contributed by atoms with Gasteiger partial charge in [-0.15, -0.1) is 0 Å². The minimum atomic E-state index is -3.47. The fourth-order valence-electron chi connectivity index (χ4n) is 2.73. The van der Waals surface area contributed by atoms with Gasteiger partial charge in [-0.05, 0) is 30.9 Å². The van der Waals surface area contributed by atoms with Gasteiger partial charge in [-0.2, -0.15) is 0 Å². The molecule has 1 heterocycles. The van der Waals surface area contributed by atoms with Gasteiger partial charge in [0.1, 0.15) is 4.90 Å². The highest BCUT2D eigenvalue weighted by molar-refractivity contribution is 7.99. The summed E-state index contributed by atoms with van der Waals surface area (Å²) in [6, 6.07) is 3.43. The first kappa shape index (κ1) is 19.2. The van der Waals surface area contributed by atoms with E-state index < -0.39 is 10.0 Å². The Balaban J connectivity index is 1.87. The lowest BCUT2D eigenvalue weighted by Crippen LogP contribution is -2.41. The number of sulfonamides is 1. The molecule has 0 aromatic carbocycles. The van der Waals surface area contributed by atoms with Crippen LogP contribution < -0.4 is 5.32 Å². The number of rotatable bonds is 6. The van der Waals surface area contributed by atoms with Gasteiger partial charge in [-0.25, -0.2) is 17.7 Å². The Hall–Kier alpha value is -1.12. The summed E-state index contributed by atoms with van der Waals surface area (Å²) in [5.74, 6) is 0.822. The van der Waals surface area contributed by atoms with Gasteiger partial charge in [0, 0.05) is 26.3 Å². The first-order valence-electron chi connectivity index (χ1n) is 8.11. The number of pyridine rings is 1. The molecule has 1 saturated carbocycles. The summed E-state index contributed by atoms with van der Waals surface area (Å²) < 4.78 is 25.1. The summed E-state index contributed by atoms with van der Waals surface area (Å²) in [6.07, 6.45) is 5.97. The molecule has 0 aliphatic heterocycles. The Morgan fingerprint density at radius 3 is 2.62 bits per heavy atom. The van der Waals surface area contributed by atoms with Crippen LogP contribution in [0, 0.1) is 5.92 Å². The van der Waals surface area contributed by atoms with E-state index in [1.54, 1.807) is 6.07 Å². The lowest BCUT2D eigenvalue weighted by molar-refractivity contribution is -0.119. The molecule has 8 heteroatoms. The molecule has 134 valence electrons. The maximum Gasteiger partial charge on any atom is 0.244 e. The number of hydrogen-bond acceptors (Lipinski definition) is 5. The van der Waals surface area contributed by atoms with Crippen molar-refractivity contribution in [3.63, 3.8) is 0 Å². The standard InChI is InChI=1S/C16H25N3O3S2/c1-12-6-4-5-7-14(12)18-15(20)11-23-16-9-8-13(10-17-16)24(21,22)19(2)3/h8-10,12,14H,4-7,11H2,1-3H3,(H,18,20)/t12-,14+/m0/s1. The van der Waals surface area contributed by atoms with Crippen molar-refractivity contribution in [2.75, 3.05) is 19.8 Å². The molecular formula is C16H25N3O3S2. The van der Waals surface area contributed by atoms with Gasteiger partial charge in [0.15, 0.2) is 0 Å². The average molecular weight is 372 g/mol. The van der Waals surface area contributed by atoms with E-state index in [-0.39, 0.29) is 22.6 Å². The van der Waals surface area contributed by atoms with Crippen molar-refractivity contribution in [1.82, 2.24) is 14.6 Å². The van der Waals surface area contributed by atoms with Crippen LogP contribution in [0.2, 0.25) is 0 Å². The zero-order chi connectivity index (χ0) is 17.7. The van der Waals surface area contributed by atoms with E-state index in [0.717, 1.165) is 10.7 Å². The Morgan fingerprint density at radius 2 is 2.04 bits per heavy atom. The highest BCUT2D eigenvalue weighted by Gasteiger charge is 2.23. The largest absolute Gasteiger partial charge is 0.352 e. The van der Waals surface area contributed by atoms with Crippen LogP contribution in [-0.2, 0) is 14.8 Å². The molecule has 24 heavy (non-hydrogen) atoms. The molecule has 1 N–H and O–H groups in total. The second kappa shape index (κ2) is 8.31. The molecule has 0 radical (unpaired) electrons. The molecule has 2 rings (SSSR count). The number of carbonyl (C=O) groups is 1. The predicted molar refractivity (Wildman–Crippen MR) is 95.4 cm³/mol. The Bertz CT molecular complexity index is 660. The number of carbonyl (C=O) groups excluding carboxylic acids is 1. The molecule has 1 fully saturated rings. The molecule has 1 aliphatic rings. The second-order valence-corrected chi connectivity index (χ2v) is 9.49. The summed E-state index contributed by atoms with van der Waals surface area (Å²) in [5, 5.41) is 3.74. The zero-order valence-corrected chi connectivity index (χ0v) is 16.0. The minimum Gasteiger partial charge on any atom is -0.352 e. The van der Waals surface area contributed by atoms with Crippen molar-refractivity contribution in [3.05, 3.63) is 18.3 Å². The van der Waals surface area contributed by atoms with Crippen LogP contribution in [0.1, 0.15) is 32.6 Å². The Morgan fingerprint density at radius 1 is 1.33 bits per heavy atom. The number of hydrogen-bond donors (Lipinski definition) is 1. The van der Waals surface area contributed by atoms with Crippen LogP contribution in [-0.4, -0.2) is 49.5 Å². The smallest absolute Gasteiger partial charge is 0.244 e. The first-order valence-corrected chi connectivity index (χ1v) is 10.5. The van der Waals surface area contributed by atoms with Gasteiger partial charge in [0.05, 0.1) is 10.8 Å². The van der Waals surface area contributed by atoms with Crippen LogP contribution in [0.3, 0.4) is 0 Å². The van der Waals surface area contributed by atoms with E-state index in [1.165, 1.54) is 57.4 Å². The van der Waals surface area contributed by atoms with Crippen LogP contribution in [0.4, 0.5) is 0 Å². The number of amides is 1. The number of thioether (sulfide) groups is 1. The fraction of sp³-hybridized carbons (Fsp3) is 0.625. The Labute approximate surface area is 148 Å². The molecule has 2 atom stereocenters. The van der Waals surface area contributed by atoms with E-state index in [9.17, 15) is 13.2 Å². The summed E-state index contributed by atoms with van der Waals surface area (Å²) >= 11 is 1.31. The molecular weight excluding hydrogens is 346 g/mol. The third kappa shape index (κ3) is 4.94. The third-order valence-corrected chi connectivity index (χ3v) is 7.04. The molecule has 0 bridgehead atoms. The maximum absolute atomic E-state index is 12.1. The Kier molecular flexibility index (Phi) is 6.65. The highest BCUT2D eigenvalue weighted by atomic mass is 32.2. The van der Waals surface area contributed by atoms with Crippen molar-refractivity contribution in [2.24, 2.45) is 5.92 Å². The number of nitrogens with one attached hydrogen (secondary N) is 1. The average Bonchev–Trinajstić information content (AvgIpc) is 2.55. The monoisotopic (exact) mass is 371 g/mol. The lowest BCUT2D eigenvalue weighted by Gasteiger charge is -2.29. The van der Waals surface area contributed by atoms with Crippen molar-refractivity contribution < 1.29 is 13.2 Å². The zero-order valence-electron chi connectivity index (χ0n) is 14.4. The molecule has 1 aromatic rings. The van der Waals surface area contributed by atoms with Gasteiger partial charge in [-0.1, -0.05) is 31.5 Å². The predicted octanol–water partition coefficient (Wildman–Crippen LogP) is 2.12. The first-order chi connectivity index (χ1) is 11.3. The minimum absolute atomic E-state index is 0.00513. The van der Waals surface area contributed by atoms with Gasteiger partial charge in [0.2, 0.25) is 15.9 Å². The van der Waals surface area contributed by atoms with Gasteiger partial charge < -0.3 is 5.32 Å². The van der Waals surface area contributed by atoms with Gasteiger partial charge in [-0.3, -0.25) is 4.79 Å². The SMILES string of the molecule is C[C@H]1CCCC[C@H]1NC(=O)CSc1ccc(S(=O)(=O)N(C)C)cn1. The van der Waals surface area contributed by atoms with E-state index >= 15 is 0 Å². The number of nitrogens with zero attached hydrogens (tertiary/aromatic N) is 2. The van der Waals surface area contributed by atoms with Crippen molar-refractivity contribution >= 4 is 27.7 Å². The summed E-state index contributed by atoms with van der Waals surface area (Å²) in [5.41, 5.74) is 0.